The molecule has 0 unspecified atom stereocenters. The molecule has 0 saturated heterocycles. The molecule has 0 aromatic rings. The zero-order valence-electron chi connectivity index (χ0n) is 5.80. The molecule has 10 heteroatoms. The third-order valence-electron chi connectivity index (χ3n) is 1.02. The third kappa shape index (κ3) is 2.56. The van der Waals surface area contributed by atoms with Crippen molar-refractivity contribution in [2.45, 2.75) is 17.2 Å². The second kappa shape index (κ2) is 4.30. The summed E-state index contributed by atoms with van der Waals surface area (Å²) in [6.45, 7) is 0. The van der Waals surface area contributed by atoms with Crippen LogP contribution >= 0.6 is 11.6 Å². The molecular weight excluding hydrogens is 337 g/mol. The van der Waals surface area contributed by atoms with Crippen LogP contribution in [0, 0.1) is 0 Å². The van der Waals surface area contributed by atoms with E-state index < -0.39 is 23.2 Å². The van der Waals surface area contributed by atoms with Crippen LogP contribution in [0.5, 0.6) is 0 Å². The van der Waals surface area contributed by atoms with E-state index in [1.165, 1.54) is 0 Å². The molecule has 0 aromatic heterocycles. The molecule has 0 atom stereocenters. The molecule has 0 aliphatic heterocycles. The number of carboxylic acids is 1. The van der Waals surface area contributed by atoms with Gasteiger partial charge in [-0.1, -0.05) is 0 Å². The summed E-state index contributed by atoms with van der Waals surface area (Å²) in [6, 6.07) is 0. The summed E-state index contributed by atoms with van der Waals surface area (Å²) in [4.78, 5) is 9.49. The van der Waals surface area contributed by atoms with Gasteiger partial charge < -0.3 is 5.11 Å². The third-order valence-corrected chi connectivity index (χ3v) is 1.26. The van der Waals surface area contributed by atoms with Crippen molar-refractivity contribution in [3.63, 3.8) is 0 Å². The summed E-state index contributed by atoms with van der Waals surface area (Å²) in [5, 5.41) is 1.89. The molecule has 0 heterocycles. The van der Waals surface area contributed by atoms with Gasteiger partial charge >= 0.3 is 23.2 Å². The van der Waals surface area contributed by atoms with Crippen molar-refractivity contribution in [2.24, 2.45) is 0 Å². The van der Waals surface area contributed by atoms with E-state index in [4.69, 9.17) is 5.11 Å². The van der Waals surface area contributed by atoms with Crippen molar-refractivity contribution in [2.75, 3.05) is 0 Å². The second-order valence-electron chi connectivity index (χ2n) is 1.95. The molecule has 14 heavy (non-hydrogen) atoms. The number of alkyl halides is 7. The SMILES string of the molecule is O=C(O)C(F)(F)C(F)(F)C(F)(F)Cl.[Ag]. The van der Waals surface area contributed by atoms with Gasteiger partial charge in [-0.15, -0.1) is 0 Å². The van der Waals surface area contributed by atoms with Crippen molar-refractivity contribution in [3.05, 3.63) is 0 Å². The van der Waals surface area contributed by atoms with Crippen molar-refractivity contribution in [1.29, 1.82) is 0 Å². The first-order chi connectivity index (χ1) is 5.44. The first kappa shape index (κ1) is 16.5. The maximum absolute atomic E-state index is 11.9. The van der Waals surface area contributed by atoms with E-state index in [-0.39, 0.29) is 22.4 Å². The maximum Gasteiger partial charge on any atom is 0.411 e. The fourth-order valence-electron chi connectivity index (χ4n) is 0.312. The van der Waals surface area contributed by atoms with Crippen LogP contribution in [0.3, 0.4) is 0 Å². The van der Waals surface area contributed by atoms with Crippen LogP contribution in [0.1, 0.15) is 0 Å². The van der Waals surface area contributed by atoms with Gasteiger partial charge in [0.1, 0.15) is 0 Å². The quantitative estimate of drug-likeness (QED) is 0.486. The topological polar surface area (TPSA) is 37.3 Å². The van der Waals surface area contributed by atoms with Crippen LogP contribution in [0.15, 0.2) is 0 Å². The number of carboxylic acid groups (broad SMARTS) is 1. The van der Waals surface area contributed by atoms with Gasteiger partial charge in [-0.25, -0.2) is 4.79 Å². The first-order valence-corrected chi connectivity index (χ1v) is 2.88. The van der Waals surface area contributed by atoms with E-state index >= 15 is 0 Å². The summed E-state index contributed by atoms with van der Waals surface area (Å²) < 4.78 is 71.0. The fourth-order valence-corrected chi connectivity index (χ4v) is 0.431. The van der Waals surface area contributed by atoms with Crippen LogP contribution < -0.4 is 0 Å². The van der Waals surface area contributed by atoms with E-state index in [1.807, 2.05) is 0 Å². The summed E-state index contributed by atoms with van der Waals surface area (Å²) in [6.07, 6.45) is 0. The monoisotopic (exact) mass is 337 g/mol. The van der Waals surface area contributed by atoms with E-state index in [2.05, 4.69) is 11.6 Å². The summed E-state index contributed by atoms with van der Waals surface area (Å²) in [5.74, 6) is -15.4. The van der Waals surface area contributed by atoms with Gasteiger partial charge in [0.05, 0.1) is 0 Å². The molecule has 0 rings (SSSR count). The average Bonchev–Trinajstić information content (AvgIpc) is 1.84. The molecule has 1 N–H and O–H groups in total. The smallest absolute Gasteiger partial charge is 0.411 e. The van der Waals surface area contributed by atoms with E-state index in [0.29, 0.717) is 0 Å². The Morgan fingerprint density at radius 3 is 1.43 bits per heavy atom. The molecule has 0 aliphatic carbocycles. The number of halogens is 7. The molecule has 0 spiro atoms. The molecule has 0 fully saturated rings. The Morgan fingerprint density at radius 1 is 1.07 bits per heavy atom. The Labute approximate surface area is 93.7 Å². The molecule has 2 nitrogen and oxygen atoms in total. The zero-order valence-corrected chi connectivity index (χ0v) is 8.04. The number of carbonyl (C=O) groups is 1. The molecule has 0 amide bonds. The maximum atomic E-state index is 11.9. The summed E-state index contributed by atoms with van der Waals surface area (Å²) >= 11 is 3.63. The largest absolute Gasteiger partial charge is 0.477 e. The van der Waals surface area contributed by atoms with E-state index in [9.17, 15) is 31.1 Å². The molecule has 0 aromatic carbocycles. The van der Waals surface area contributed by atoms with Crippen molar-refractivity contribution in [1.82, 2.24) is 0 Å². The van der Waals surface area contributed by atoms with Crippen LogP contribution in [0.25, 0.3) is 0 Å². The average molecular weight is 338 g/mol. The number of hydrogen-bond acceptors (Lipinski definition) is 1. The van der Waals surface area contributed by atoms with Crippen molar-refractivity contribution >= 4 is 17.6 Å². The predicted octanol–water partition coefficient (Wildman–Crippen LogP) is 2.17. The Bertz CT molecular complexity index is 226. The Hall–Kier alpha value is 0.0803. The number of rotatable bonds is 3. The van der Waals surface area contributed by atoms with Gasteiger partial charge in [0.15, 0.2) is 0 Å². The molecule has 0 saturated carbocycles. The molecule has 0 bridgehead atoms. The minimum Gasteiger partial charge on any atom is -0.477 e. The van der Waals surface area contributed by atoms with Gasteiger partial charge in [0, 0.05) is 22.4 Å². The van der Waals surface area contributed by atoms with Gasteiger partial charge in [-0.3, -0.25) is 0 Å². The minimum atomic E-state index is -6.15. The van der Waals surface area contributed by atoms with Gasteiger partial charge in [0.2, 0.25) is 0 Å². The van der Waals surface area contributed by atoms with Gasteiger partial charge in [-0.05, 0) is 11.6 Å². The summed E-state index contributed by atoms with van der Waals surface area (Å²) in [7, 11) is 0. The zero-order chi connectivity index (χ0) is 11.1. The molecule has 1 radical (unpaired) electrons. The molecular formula is C4HAgClF6O2. The summed E-state index contributed by atoms with van der Waals surface area (Å²) in [5.41, 5.74) is 0. The standard InChI is InChI=1S/C4HClF6O2.Ag/c5-4(10,11)3(8,9)2(6,7)1(12)13;/h(H,12,13);. The number of hydrogen-bond donors (Lipinski definition) is 1. The minimum absolute atomic E-state index is 0. The van der Waals surface area contributed by atoms with Crippen LogP contribution in [0.2, 0.25) is 0 Å². The van der Waals surface area contributed by atoms with Crippen molar-refractivity contribution in [3.8, 4) is 0 Å². The predicted molar refractivity (Wildman–Crippen MR) is 28.3 cm³/mol. The van der Waals surface area contributed by atoms with E-state index in [0.717, 1.165) is 0 Å². The Morgan fingerprint density at radius 2 is 1.36 bits per heavy atom. The van der Waals surface area contributed by atoms with Crippen molar-refractivity contribution < 1.29 is 58.6 Å². The molecule has 89 valence electrons. The second-order valence-corrected chi connectivity index (χ2v) is 2.43. The van der Waals surface area contributed by atoms with E-state index in [1.54, 1.807) is 0 Å². The van der Waals surface area contributed by atoms with Gasteiger partial charge in [-0.2, -0.15) is 26.3 Å². The van der Waals surface area contributed by atoms with Gasteiger partial charge in [0.25, 0.3) is 0 Å². The normalized spacial score (nSPS) is 13.4. The van der Waals surface area contributed by atoms with Crippen LogP contribution in [-0.2, 0) is 27.2 Å². The molecule has 0 aliphatic rings. The Kier molecular flexibility index (Phi) is 5.07. The fraction of sp³-hybridized carbons (Fsp3) is 0.750. The van der Waals surface area contributed by atoms with Crippen LogP contribution in [0.4, 0.5) is 26.3 Å². The van der Waals surface area contributed by atoms with Crippen LogP contribution in [-0.4, -0.2) is 28.3 Å². The first-order valence-electron chi connectivity index (χ1n) is 2.50. The Balaban J connectivity index is 0. The number of aliphatic carboxylic acids is 1.